The topological polar surface area (TPSA) is 68.5 Å². The van der Waals surface area contributed by atoms with Crippen LogP contribution < -0.4 is 4.74 Å². The molecule has 1 aromatic carbocycles. The van der Waals surface area contributed by atoms with Gasteiger partial charge in [-0.05, 0) is 50.5 Å². The molecule has 0 bridgehead atoms. The molecule has 0 radical (unpaired) electrons. The van der Waals surface area contributed by atoms with Crippen molar-refractivity contribution in [1.29, 1.82) is 0 Å². The maximum absolute atomic E-state index is 13.6. The summed E-state index contributed by atoms with van der Waals surface area (Å²) in [5.41, 5.74) is 3.51. The normalized spacial score (nSPS) is 12.4. The van der Waals surface area contributed by atoms with Gasteiger partial charge in [0.05, 0.1) is 29.8 Å². The first-order valence-electron chi connectivity index (χ1n) is 9.59. The molecule has 2 aromatic heterocycles. The summed E-state index contributed by atoms with van der Waals surface area (Å²) in [4.78, 5) is 20.0. The lowest BCUT2D eigenvalue weighted by Gasteiger charge is -2.29. The number of fused-ring (bicyclic) bond motifs is 1. The molecule has 3 rings (SSSR count). The number of hydrogen-bond donors (Lipinski definition) is 0. The van der Waals surface area contributed by atoms with E-state index in [2.05, 4.69) is 10.1 Å². The van der Waals surface area contributed by atoms with Gasteiger partial charge in [0, 0.05) is 12.2 Å². The van der Waals surface area contributed by atoms with Crippen molar-refractivity contribution in [3.8, 4) is 5.75 Å². The standard InChI is InChI=1S/C22H27N3O3/c1-7-25(15(5)16-9-8-10-17(11-16)27-6)22(26)18-12-19(13(2)3)23-21-20(18)14(4)24-28-21/h8-13,15H,7H2,1-6H3. The Morgan fingerprint density at radius 1 is 1.25 bits per heavy atom. The predicted molar refractivity (Wildman–Crippen MR) is 109 cm³/mol. The Kier molecular flexibility index (Phi) is 5.68. The molecule has 1 unspecified atom stereocenters. The number of hydrogen-bond acceptors (Lipinski definition) is 5. The maximum atomic E-state index is 13.6. The number of rotatable bonds is 6. The molecule has 0 saturated heterocycles. The van der Waals surface area contributed by atoms with Crippen LogP contribution in [0.5, 0.6) is 5.75 Å². The summed E-state index contributed by atoms with van der Waals surface area (Å²) in [5, 5.41) is 4.71. The lowest BCUT2D eigenvalue weighted by atomic mass is 10.0. The average Bonchev–Trinajstić information content (AvgIpc) is 3.08. The molecule has 0 spiro atoms. The zero-order valence-electron chi connectivity index (χ0n) is 17.3. The van der Waals surface area contributed by atoms with Crippen LogP contribution in [-0.4, -0.2) is 34.6 Å². The number of nitrogens with zero attached hydrogens (tertiary/aromatic N) is 3. The minimum Gasteiger partial charge on any atom is -0.497 e. The van der Waals surface area contributed by atoms with Crippen LogP contribution >= 0.6 is 0 Å². The van der Waals surface area contributed by atoms with Crippen molar-refractivity contribution in [2.75, 3.05) is 13.7 Å². The van der Waals surface area contributed by atoms with Gasteiger partial charge in [0.1, 0.15) is 5.75 Å². The third-order valence-electron chi connectivity index (χ3n) is 5.10. The number of aromatic nitrogens is 2. The van der Waals surface area contributed by atoms with E-state index in [0.717, 1.165) is 17.0 Å². The first-order valence-corrected chi connectivity index (χ1v) is 9.59. The molecule has 1 amide bonds. The van der Waals surface area contributed by atoms with E-state index in [1.165, 1.54) is 0 Å². The monoisotopic (exact) mass is 381 g/mol. The zero-order chi connectivity index (χ0) is 20.4. The van der Waals surface area contributed by atoms with Gasteiger partial charge >= 0.3 is 0 Å². The van der Waals surface area contributed by atoms with Crippen LogP contribution in [0.1, 0.15) is 67.0 Å². The van der Waals surface area contributed by atoms with Crippen molar-refractivity contribution in [3.63, 3.8) is 0 Å². The zero-order valence-corrected chi connectivity index (χ0v) is 17.3. The number of amides is 1. The number of ether oxygens (including phenoxy) is 1. The number of carbonyl (C=O) groups excluding carboxylic acids is 1. The van der Waals surface area contributed by atoms with E-state index in [1.54, 1.807) is 7.11 Å². The molecule has 0 fully saturated rings. The van der Waals surface area contributed by atoms with Gasteiger partial charge in [-0.2, -0.15) is 0 Å². The molecule has 0 aliphatic carbocycles. The van der Waals surface area contributed by atoms with Gasteiger partial charge in [-0.1, -0.05) is 31.1 Å². The van der Waals surface area contributed by atoms with Crippen molar-refractivity contribution in [2.45, 2.75) is 46.6 Å². The number of benzene rings is 1. The largest absolute Gasteiger partial charge is 0.497 e. The van der Waals surface area contributed by atoms with E-state index in [1.807, 2.05) is 69.9 Å². The first-order chi connectivity index (χ1) is 13.4. The Labute approximate surface area is 165 Å². The van der Waals surface area contributed by atoms with Crippen LogP contribution in [0.2, 0.25) is 0 Å². The number of carbonyl (C=O) groups is 1. The highest BCUT2D eigenvalue weighted by atomic mass is 16.5. The Morgan fingerprint density at radius 3 is 2.64 bits per heavy atom. The fourth-order valence-corrected chi connectivity index (χ4v) is 3.41. The summed E-state index contributed by atoms with van der Waals surface area (Å²) in [6, 6.07) is 9.58. The second-order valence-corrected chi connectivity index (χ2v) is 7.24. The van der Waals surface area contributed by atoms with Crippen molar-refractivity contribution >= 4 is 17.0 Å². The highest BCUT2D eigenvalue weighted by Gasteiger charge is 2.26. The lowest BCUT2D eigenvalue weighted by molar-refractivity contribution is 0.0704. The summed E-state index contributed by atoms with van der Waals surface area (Å²) in [7, 11) is 1.64. The van der Waals surface area contributed by atoms with E-state index in [9.17, 15) is 4.79 Å². The second kappa shape index (κ2) is 8.00. The van der Waals surface area contributed by atoms with Crippen LogP contribution in [0.3, 0.4) is 0 Å². The van der Waals surface area contributed by atoms with Gasteiger partial charge in [-0.25, -0.2) is 4.98 Å². The van der Waals surface area contributed by atoms with Crippen LogP contribution in [0.4, 0.5) is 0 Å². The summed E-state index contributed by atoms with van der Waals surface area (Å²) >= 11 is 0. The maximum Gasteiger partial charge on any atom is 0.259 e. The number of pyridine rings is 1. The molecular formula is C22H27N3O3. The number of methoxy groups -OCH3 is 1. The summed E-state index contributed by atoms with van der Waals surface area (Å²) in [6.45, 7) is 10.5. The molecule has 0 aliphatic rings. The molecule has 2 heterocycles. The van der Waals surface area contributed by atoms with Crippen molar-refractivity contribution in [1.82, 2.24) is 15.0 Å². The molecule has 6 nitrogen and oxygen atoms in total. The Hall–Kier alpha value is -2.89. The molecule has 0 saturated carbocycles. The van der Waals surface area contributed by atoms with Gasteiger partial charge in [0.2, 0.25) is 0 Å². The van der Waals surface area contributed by atoms with E-state index in [0.29, 0.717) is 28.9 Å². The smallest absolute Gasteiger partial charge is 0.259 e. The third-order valence-corrected chi connectivity index (χ3v) is 5.10. The van der Waals surface area contributed by atoms with E-state index >= 15 is 0 Å². The summed E-state index contributed by atoms with van der Waals surface area (Å²) in [5.74, 6) is 0.891. The molecular weight excluding hydrogens is 354 g/mol. The minimum atomic E-state index is -0.113. The van der Waals surface area contributed by atoms with Gasteiger partial charge in [0.25, 0.3) is 11.6 Å². The molecule has 1 atom stereocenters. The van der Waals surface area contributed by atoms with Crippen molar-refractivity contribution in [2.24, 2.45) is 0 Å². The molecule has 3 aromatic rings. The fraction of sp³-hybridized carbons (Fsp3) is 0.409. The molecule has 0 aliphatic heterocycles. The Bertz CT molecular complexity index is 994. The van der Waals surface area contributed by atoms with Gasteiger partial charge < -0.3 is 14.2 Å². The Balaban J connectivity index is 2.06. The van der Waals surface area contributed by atoms with Crippen molar-refractivity contribution < 1.29 is 14.1 Å². The van der Waals surface area contributed by atoms with Crippen LogP contribution in [0.25, 0.3) is 11.1 Å². The van der Waals surface area contributed by atoms with Gasteiger partial charge in [0.15, 0.2) is 0 Å². The fourth-order valence-electron chi connectivity index (χ4n) is 3.41. The van der Waals surface area contributed by atoms with E-state index < -0.39 is 0 Å². The highest BCUT2D eigenvalue weighted by molar-refractivity contribution is 6.06. The quantitative estimate of drug-likeness (QED) is 0.608. The lowest BCUT2D eigenvalue weighted by Crippen LogP contribution is -2.33. The predicted octanol–water partition coefficient (Wildman–Crippen LogP) is 4.89. The van der Waals surface area contributed by atoms with E-state index in [-0.39, 0.29) is 17.9 Å². The van der Waals surface area contributed by atoms with Gasteiger partial charge in [-0.15, -0.1) is 0 Å². The second-order valence-electron chi connectivity index (χ2n) is 7.24. The first kappa shape index (κ1) is 19.9. The summed E-state index contributed by atoms with van der Waals surface area (Å²) < 4.78 is 10.7. The Morgan fingerprint density at radius 2 is 2.00 bits per heavy atom. The van der Waals surface area contributed by atoms with Crippen LogP contribution in [0, 0.1) is 6.92 Å². The highest BCUT2D eigenvalue weighted by Crippen LogP contribution is 2.30. The molecule has 148 valence electrons. The molecule has 28 heavy (non-hydrogen) atoms. The minimum absolute atomic E-state index is 0.0570. The molecule has 0 N–H and O–H groups in total. The molecule has 6 heteroatoms. The van der Waals surface area contributed by atoms with Crippen LogP contribution in [0.15, 0.2) is 34.9 Å². The summed E-state index contributed by atoms with van der Waals surface area (Å²) in [6.07, 6.45) is 0. The van der Waals surface area contributed by atoms with E-state index in [4.69, 9.17) is 9.26 Å². The third kappa shape index (κ3) is 3.59. The number of aryl methyl sites for hydroxylation is 1. The van der Waals surface area contributed by atoms with Crippen molar-refractivity contribution in [3.05, 3.63) is 52.8 Å². The van der Waals surface area contributed by atoms with Gasteiger partial charge in [-0.3, -0.25) is 4.79 Å². The average molecular weight is 381 g/mol. The SMILES string of the molecule is CCN(C(=O)c1cc(C(C)C)nc2onc(C)c12)C(C)c1cccc(OC)c1. The van der Waals surface area contributed by atoms with Crippen LogP contribution in [-0.2, 0) is 0 Å².